The van der Waals surface area contributed by atoms with Crippen molar-refractivity contribution in [3.05, 3.63) is 34.9 Å². The van der Waals surface area contributed by atoms with Gasteiger partial charge in [-0.25, -0.2) is 4.79 Å². The molecule has 0 radical (unpaired) electrons. The van der Waals surface area contributed by atoms with Crippen molar-refractivity contribution in [1.82, 2.24) is 4.90 Å². The minimum Gasteiger partial charge on any atom is -0.478 e. The Hall–Kier alpha value is -2.37. The average Bonchev–Trinajstić information content (AvgIpc) is 2.42. The molecule has 0 unspecified atom stereocenters. The number of hydrogen-bond donors (Lipinski definition) is 1. The number of carboxylic acid groups (broad SMARTS) is 1. The lowest BCUT2D eigenvalue weighted by Gasteiger charge is -2.27. The lowest BCUT2D eigenvalue weighted by atomic mass is 9.96. The van der Waals surface area contributed by atoms with Crippen molar-refractivity contribution >= 4 is 17.8 Å². The van der Waals surface area contributed by atoms with Gasteiger partial charge in [0.25, 0.3) is 5.91 Å². The fourth-order valence-electron chi connectivity index (χ4n) is 2.18. The minimum atomic E-state index is -1.02. The first kappa shape index (κ1) is 14.0. The summed E-state index contributed by atoms with van der Waals surface area (Å²) in [5.41, 5.74) is 1.32. The highest BCUT2D eigenvalue weighted by atomic mass is 16.5. The molecule has 1 amide bonds. The van der Waals surface area contributed by atoms with Crippen molar-refractivity contribution < 1.29 is 24.2 Å². The maximum atomic E-state index is 12.2. The molecule has 20 heavy (non-hydrogen) atoms. The molecule has 6 heteroatoms. The van der Waals surface area contributed by atoms with Gasteiger partial charge in [-0.2, -0.15) is 0 Å². The van der Waals surface area contributed by atoms with Crippen molar-refractivity contribution in [3.63, 3.8) is 0 Å². The number of rotatable bonds is 4. The van der Waals surface area contributed by atoms with Crippen LogP contribution >= 0.6 is 0 Å². The topological polar surface area (TPSA) is 83.9 Å². The highest BCUT2D eigenvalue weighted by Crippen LogP contribution is 2.20. The molecule has 0 fully saturated rings. The molecule has 0 atom stereocenters. The molecule has 1 aliphatic rings. The molecular formula is C14H15NO5. The van der Waals surface area contributed by atoms with Crippen LogP contribution in [-0.2, 0) is 16.0 Å². The second kappa shape index (κ2) is 5.73. The molecule has 6 nitrogen and oxygen atoms in total. The second-order valence-corrected chi connectivity index (χ2v) is 4.46. The summed E-state index contributed by atoms with van der Waals surface area (Å²) in [4.78, 5) is 35.9. The van der Waals surface area contributed by atoms with E-state index < -0.39 is 11.9 Å². The van der Waals surface area contributed by atoms with Crippen LogP contribution in [0.1, 0.15) is 33.2 Å². The number of carboxylic acids is 1. The Morgan fingerprint density at radius 1 is 1.40 bits per heavy atom. The van der Waals surface area contributed by atoms with Gasteiger partial charge in [0.05, 0.1) is 12.2 Å². The fourth-order valence-corrected chi connectivity index (χ4v) is 2.18. The molecule has 1 aromatic rings. The van der Waals surface area contributed by atoms with E-state index in [9.17, 15) is 14.4 Å². The van der Waals surface area contributed by atoms with Gasteiger partial charge in [-0.15, -0.1) is 0 Å². The lowest BCUT2D eigenvalue weighted by molar-refractivity contribution is -0.143. The maximum absolute atomic E-state index is 12.2. The van der Waals surface area contributed by atoms with Gasteiger partial charge in [-0.1, -0.05) is 0 Å². The van der Waals surface area contributed by atoms with Gasteiger partial charge in [-0.3, -0.25) is 9.59 Å². The predicted molar refractivity (Wildman–Crippen MR) is 69.6 cm³/mol. The summed E-state index contributed by atoms with van der Waals surface area (Å²) in [6, 6.07) is 4.41. The normalized spacial score (nSPS) is 13.8. The fraction of sp³-hybridized carbons (Fsp3) is 0.357. The van der Waals surface area contributed by atoms with Crippen LogP contribution in [-0.4, -0.2) is 47.5 Å². The van der Waals surface area contributed by atoms with Crippen LogP contribution in [0, 0.1) is 0 Å². The molecule has 0 spiro atoms. The van der Waals surface area contributed by atoms with Crippen LogP contribution in [0.5, 0.6) is 0 Å². The van der Waals surface area contributed by atoms with Gasteiger partial charge in [0.1, 0.15) is 6.54 Å². The number of benzene rings is 1. The van der Waals surface area contributed by atoms with Crippen LogP contribution in [0.15, 0.2) is 18.2 Å². The summed E-state index contributed by atoms with van der Waals surface area (Å²) in [6.07, 6.45) is 0.529. The molecule has 2 rings (SSSR count). The zero-order valence-electron chi connectivity index (χ0n) is 11.1. The molecular weight excluding hydrogens is 262 g/mol. The first-order valence-electron chi connectivity index (χ1n) is 6.34. The van der Waals surface area contributed by atoms with E-state index in [1.54, 1.807) is 6.92 Å². The second-order valence-electron chi connectivity index (χ2n) is 4.46. The average molecular weight is 277 g/mol. The minimum absolute atomic E-state index is 0.0766. The van der Waals surface area contributed by atoms with Gasteiger partial charge in [0, 0.05) is 12.1 Å². The number of ether oxygens (including phenoxy) is 1. The lowest BCUT2D eigenvalue weighted by Crippen LogP contribution is -2.41. The molecule has 1 aliphatic heterocycles. The van der Waals surface area contributed by atoms with Gasteiger partial charge in [0.15, 0.2) is 0 Å². The summed E-state index contributed by atoms with van der Waals surface area (Å²) in [5, 5.41) is 8.93. The summed E-state index contributed by atoms with van der Waals surface area (Å²) < 4.78 is 4.82. The van der Waals surface area contributed by atoms with Crippen LogP contribution in [0.25, 0.3) is 0 Å². The van der Waals surface area contributed by atoms with E-state index in [2.05, 4.69) is 0 Å². The number of hydrogen-bond acceptors (Lipinski definition) is 4. The summed E-state index contributed by atoms with van der Waals surface area (Å²) in [7, 11) is 0. The van der Waals surface area contributed by atoms with E-state index in [0.717, 1.165) is 0 Å². The number of carbonyl (C=O) groups excluding carboxylic acids is 2. The number of nitrogens with zero attached hydrogens (tertiary/aromatic N) is 1. The first-order chi connectivity index (χ1) is 9.52. The Labute approximate surface area is 115 Å². The standard InChI is InChI=1S/C14H15NO5/c1-2-20-12(16)8-15-6-5-9-7-10(14(18)19)3-4-11(9)13(15)17/h3-4,7H,2,5-6,8H2,1H3,(H,18,19). The number of fused-ring (bicyclic) bond motifs is 1. The van der Waals surface area contributed by atoms with E-state index in [4.69, 9.17) is 9.84 Å². The third-order valence-corrected chi connectivity index (χ3v) is 3.15. The Morgan fingerprint density at radius 2 is 2.15 bits per heavy atom. The predicted octanol–water partition coefficient (Wildman–Crippen LogP) is 0.946. The molecule has 0 aliphatic carbocycles. The monoisotopic (exact) mass is 277 g/mol. The van der Waals surface area contributed by atoms with Crippen molar-refractivity contribution in [2.24, 2.45) is 0 Å². The number of esters is 1. The van der Waals surface area contributed by atoms with Crippen molar-refractivity contribution in [3.8, 4) is 0 Å². The molecule has 0 aromatic heterocycles. The van der Waals surface area contributed by atoms with Crippen molar-refractivity contribution in [2.75, 3.05) is 19.7 Å². The van der Waals surface area contributed by atoms with Gasteiger partial charge < -0.3 is 14.7 Å². The van der Waals surface area contributed by atoms with E-state index in [0.29, 0.717) is 24.1 Å². The molecule has 0 saturated heterocycles. The Bertz CT molecular complexity index is 567. The van der Waals surface area contributed by atoms with Crippen LogP contribution in [0.3, 0.4) is 0 Å². The zero-order valence-corrected chi connectivity index (χ0v) is 11.1. The van der Waals surface area contributed by atoms with E-state index in [1.165, 1.54) is 23.1 Å². The molecule has 1 heterocycles. The Balaban J connectivity index is 2.17. The van der Waals surface area contributed by atoms with Gasteiger partial charge >= 0.3 is 11.9 Å². The highest BCUT2D eigenvalue weighted by molar-refractivity contribution is 5.99. The molecule has 106 valence electrons. The quantitative estimate of drug-likeness (QED) is 0.828. The molecule has 0 bridgehead atoms. The molecule has 0 saturated carbocycles. The third kappa shape index (κ3) is 2.79. The number of aromatic carboxylic acids is 1. The van der Waals surface area contributed by atoms with Crippen LogP contribution < -0.4 is 0 Å². The SMILES string of the molecule is CCOC(=O)CN1CCc2cc(C(=O)O)ccc2C1=O. The van der Waals surface area contributed by atoms with E-state index >= 15 is 0 Å². The number of amides is 1. The molecule has 1 N–H and O–H groups in total. The van der Waals surface area contributed by atoms with Gasteiger partial charge in [-0.05, 0) is 37.1 Å². The largest absolute Gasteiger partial charge is 0.478 e. The van der Waals surface area contributed by atoms with E-state index in [1.807, 2.05) is 0 Å². The van der Waals surface area contributed by atoms with E-state index in [-0.39, 0.29) is 24.6 Å². The summed E-state index contributed by atoms with van der Waals surface area (Å²) in [6.45, 7) is 2.29. The highest BCUT2D eigenvalue weighted by Gasteiger charge is 2.26. The summed E-state index contributed by atoms with van der Waals surface area (Å²) >= 11 is 0. The zero-order chi connectivity index (χ0) is 14.7. The third-order valence-electron chi connectivity index (χ3n) is 3.15. The van der Waals surface area contributed by atoms with Crippen LogP contribution in [0.4, 0.5) is 0 Å². The maximum Gasteiger partial charge on any atom is 0.335 e. The van der Waals surface area contributed by atoms with Gasteiger partial charge in [0.2, 0.25) is 0 Å². The molecule has 1 aromatic carbocycles. The Morgan fingerprint density at radius 3 is 2.80 bits per heavy atom. The van der Waals surface area contributed by atoms with Crippen LogP contribution in [0.2, 0.25) is 0 Å². The van der Waals surface area contributed by atoms with Crippen molar-refractivity contribution in [1.29, 1.82) is 0 Å². The number of carbonyl (C=O) groups is 3. The smallest absolute Gasteiger partial charge is 0.335 e. The summed E-state index contributed by atoms with van der Waals surface area (Å²) in [5.74, 6) is -1.73. The first-order valence-corrected chi connectivity index (χ1v) is 6.34. The Kier molecular flexibility index (Phi) is 4.02. The van der Waals surface area contributed by atoms with Crippen molar-refractivity contribution in [2.45, 2.75) is 13.3 Å².